The number of aromatic nitrogens is 1. The molecule has 0 saturated carbocycles. The maximum absolute atomic E-state index is 6.25. The van der Waals surface area contributed by atoms with Crippen molar-refractivity contribution in [2.24, 2.45) is 5.73 Å². The molecule has 0 radical (unpaired) electrons. The van der Waals surface area contributed by atoms with Crippen molar-refractivity contribution in [3.8, 4) is 0 Å². The lowest BCUT2D eigenvalue weighted by Crippen LogP contribution is -2.14. The molecule has 0 aliphatic rings. The van der Waals surface area contributed by atoms with Gasteiger partial charge in [-0.15, -0.1) is 0 Å². The Kier molecular flexibility index (Phi) is 3.78. The second kappa shape index (κ2) is 5.32. The SMILES string of the molecule is Cc1cc([C@@H](N)c2ccccc2)ncc1C(C)C. The molecule has 1 aromatic carbocycles. The number of aryl methyl sites for hydroxylation is 1. The molecule has 0 spiro atoms. The quantitative estimate of drug-likeness (QED) is 0.891. The first-order valence-electron chi connectivity index (χ1n) is 6.36. The van der Waals surface area contributed by atoms with Crippen molar-refractivity contribution in [2.75, 3.05) is 0 Å². The molecule has 0 bridgehead atoms. The molecule has 18 heavy (non-hydrogen) atoms. The highest BCUT2D eigenvalue weighted by molar-refractivity contribution is 5.33. The van der Waals surface area contributed by atoms with Crippen LogP contribution in [0.4, 0.5) is 0 Å². The van der Waals surface area contributed by atoms with Crippen LogP contribution in [0.1, 0.15) is 48.2 Å². The Morgan fingerprint density at radius 2 is 1.78 bits per heavy atom. The maximum Gasteiger partial charge on any atom is 0.0726 e. The normalized spacial score (nSPS) is 12.7. The molecule has 1 aromatic heterocycles. The lowest BCUT2D eigenvalue weighted by Gasteiger charge is -2.15. The predicted octanol–water partition coefficient (Wildman–Crippen LogP) is 3.56. The summed E-state index contributed by atoms with van der Waals surface area (Å²) in [6.45, 7) is 6.49. The highest BCUT2D eigenvalue weighted by Gasteiger charge is 2.12. The Bertz CT molecular complexity index is 518. The molecule has 0 unspecified atom stereocenters. The van der Waals surface area contributed by atoms with E-state index >= 15 is 0 Å². The van der Waals surface area contributed by atoms with Gasteiger partial charge in [-0.3, -0.25) is 4.98 Å². The van der Waals surface area contributed by atoms with Gasteiger partial charge in [-0.2, -0.15) is 0 Å². The maximum atomic E-state index is 6.25. The van der Waals surface area contributed by atoms with Gasteiger partial charge in [0.05, 0.1) is 11.7 Å². The Morgan fingerprint density at radius 1 is 1.11 bits per heavy atom. The first-order valence-corrected chi connectivity index (χ1v) is 6.36. The van der Waals surface area contributed by atoms with Gasteiger partial charge in [-0.25, -0.2) is 0 Å². The van der Waals surface area contributed by atoms with Crippen LogP contribution in [0.5, 0.6) is 0 Å². The van der Waals surface area contributed by atoms with E-state index < -0.39 is 0 Å². The minimum absolute atomic E-state index is 0.147. The van der Waals surface area contributed by atoms with E-state index in [0.29, 0.717) is 5.92 Å². The number of rotatable bonds is 3. The van der Waals surface area contributed by atoms with E-state index in [1.807, 2.05) is 36.5 Å². The first kappa shape index (κ1) is 12.8. The molecule has 0 fully saturated rings. The van der Waals surface area contributed by atoms with E-state index in [2.05, 4.69) is 31.8 Å². The molecular formula is C16H20N2. The monoisotopic (exact) mass is 240 g/mol. The van der Waals surface area contributed by atoms with Gasteiger partial charge in [0.1, 0.15) is 0 Å². The van der Waals surface area contributed by atoms with Crippen LogP contribution in [0, 0.1) is 6.92 Å². The van der Waals surface area contributed by atoms with Crippen LogP contribution in [-0.2, 0) is 0 Å². The summed E-state index contributed by atoms with van der Waals surface area (Å²) in [6, 6.07) is 12.0. The van der Waals surface area contributed by atoms with Crippen LogP contribution in [0.3, 0.4) is 0 Å². The van der Waals surface area contributed by atoms with Gasteiger partial charge in [0.25, 0.3) is 0 Å². The number of hydrogen-bond donors (Lipinski definition) is 1. The first-order chi connectivity index (χ1) is 8.59. The third-order valence-corrected chi connectivity index (χ3v) is 3.27. The predicted molar refractivity (Wildman–Crippen MR) is 75.5 cm³/mol. The average molecular weight is 240 g/mol. The van der Waals surface area contributed by atoms with E-state index in [1.165, 1.54) is 11.1 Å². The molecule has 0 aliphatic carbocycles. The van der Waals surface area contributed by atoms with E-state index in [9.17, 15) is 0 Å². The third-order valence-electron chi connectivity index (χ3n) is 3.27. The van der Waals surface area contributed by atoms with Gasteiger partial charge in [0.15, 0.2) is 0 Å². The molecule has 2 N–H and O–H groups in total. The number of hydrogen-bond acceptors (Lipinski definition) is 2. The Labute approximate surface area is 109 Å². The largest absolute Gasteiger partial charge is 0.319 e. The molecule has 94 valence electrons. The second-order valence-corrected chi connectivity index (χ2v) is 5.01. The third kappa shape index (κ3) is 2.59. The molecule has 2 rings (SSSR count). The van der Waals surface area contributed by atoms with E-state index in [4.69, 9.17) is 5.73 Å². The zero-order chi connectivity index (χ0) is 13.1. The number of nitrogens with two attached hydrogens (primary N) is 1. The summed E-state index contributed by atoms with van der Waals surface area (Å²) in [5.74, 6) is 0.500. The minimum atomic E-state index is -0.147. The van der Waals surface area contributed by atoms with Gasteiger partial charge in [-0.05, 0) is 35.6 Å². The molecule has 2 nitrogen and oxygen atoms in total. The number of benzene rings is 1. The van der Waals surface area contributed by atoms with Crippen LogP contribution in [0.2, 0.25) is 0 Å². The smallest absolute Gasteiger partial charge is 0.0726 e. The van der Waals surface area contributed by atoms with Crippen molar-refractivity contribution in [1.82, 2.24) is 4.98 Å². The van der Waals surface area contributed by atoms with Crippen LogP contribution in [0.15, 0.2) is 42.6 Å². The van der Waals surface area contributed by atoms with Crippen molar-refractivity contribution in [3.63, 3.8) is 0 Å². The van der Waals surface area contributed by atoms with Gasteiger partial charge >= 0.3 is 0 Å². The summed E-state index contributed by atoms with van der Waals surface area (Å²) >= 11 is 0. The second-order valence-electron chi connectivity index (χ2n) is 5.01. The van der Waals surface area contributed by atoms with Crippen LogP contribution in [-0.4, -0.2) is 4.98 Å². The number of nitrogens with zero attached hydrogens (tertiary/aromatic N) is 1. The zero-order valence-corrected chi connectivity index (χ0v) is 11.2. The molecule has 2 aromatic rings. The summed E-state index contributed by atoms with van der Waals surface area (Å²) in [6.07, 6.45) is 1.96. The lowest BCUT2D eigenvalue weighted by molar-refractivity contribution is 0.799. The fraction of sp³-hybridized carbons (Fsp3) is 0.312. The number of pyridine rings is 1. The summed E-state index contributed by atoms with van der Waals surface area (Å²) in [7, 11) is 0. The molecule has 1 atom stereocenters. The van der Waals surface area contributed by atoms with Crippen LogP contribution < -0.4 is 5.73 Å². The Hall–Kier alpha value is -1.67. The van der Waals surface area contributed by atoms with Gasteiger partial charge in [0.2, 0.25) is 0 Å². The highest BCUT2D eigenvalue weighted by atomic mass is 14.8. The van der Waals surface area contributed by atoms with Crippen molar-refractivity contribution in [2.45, 2.75) is 32.7 Å². The van der Waals surface area contributed by atoms with Crippen molar-refractivity contribution in [3.05, 3.63) is 65.0 Å². The average Bonchev–Trinajstić information content (AvgIpc) is 2.38. The molecule has 0 aliphatic heterocycles. The minimum Gasteiger partial charge on any atom is -0.319 e. The highest BCUT2D eigenvalue weighted by Crippen LogP contribution is 2.23. The Balaban J connectivity index is 2.32. The fourth-order valence-corrected chi connectivity index (χ4v) is 2.19. The Morgan fingerprint density at radius 3 is 2.33 bits per heavy atom. The topological polar surface area (TPSA) is 38.9 Å². The zero-order valence-electron chi connectivity index (χ0n) is 11.2. The van der Waals surface area contributed by atoms with E-state index in [0.717, 1.165) is 11.3 Å². The molecule has 0 saturated heterocycles. The van der Waals surface area contributed by atoms with E-state index in [-0.39, 0.29) is 6.04 Å². The molecule has 1 heterocycles. The lowest BCUT2D eigenvalue weighted by atomic mass is 9.97. The summed E-state index contributed by atoms with van der Waals surface area (Å²) in [5.41, 5.74) is 10.8. The fourth-order valence-electron chi connectivity index (χ4n) is 2.19. The van der Waals surface area contributed by atoms with Gasteiger partial charge < -0.3 is 5.73 Å². The summed E-state index contributed by atoms with van der Waals surface area (Å²) in [5, 5.41) is 0. The standard InChI is InChI=1S/C16H20N2/c1-11(2)14-10-18-15(9-12(14)3)16(17)13-7-5-4-6-8-13/h4-11,16H,17H2,1-3H3/t16-/m0/s1. The summed E-state index contributed by atoms with van der Waals surface area (Å²) in [4.78, 5) is 4.51. The van der Waals surface area contributed by atoms with Gasteiger partial charge in [-0.1, -0.05) is 44.2 Å². The van der Waals surface area contributed by atoms with Crippen molar-refractivity contribution >= 4 is 0 Å². The summed E-state index contributed by atoms with van der Waals surface area (Å²) < 4.78 is 0. The van der Waals surface area contributed by atoms with E-state index in [1.54, 1.807) is 0 Å². The van der Waals surface area contributed by atoms with Crippen LogP contribution >= 0.6 is 0 Å². The molecular weight excluding hydrogens is 220 g/mol. The molecule has 2 heteroatoms. The van der Waals surface area contributed by atoms with Gasteiger partial charge in [0, 0.05) is 6.20 Å². The van der Waals surface area contributed by atoms with Crippen molar-refractivity contribution < 1.29 is 0 Å². The van der Waals surface area contributed by atoms with Crippen LogP contribution in [0.25, 0.3) is 0 Å². The van der Waals surface area contributed by atoms with Crippen molar-refractivity contribution in [1.29, 1.82) is 0 Å². The molecule has 0 amide bonds.